The van der Waals surface area contributed by atoms with Gasteiger partial charge in [0, 0.05) is 6.54 Å². The molecule has 6 heteroatoms. The molecule has 2 rings (SSSR count). The summed E-state index contributed by atoms with van der Waals surface area (Å²) in [5, 5.41) is 0.199. The van der Waals surface area contributed by atoms with Crippen molar-refractivity contribution >= 4 is 21.6 Å². The van der Waals surface area contributed by atoms with Crippen molar-refractivity contribution in [3.63, 3.8) is 0 Å². The van der Waals surface area contributed by atoms with Crippen LogP contribution in [-0.2, 0) is 10.0 Å². The Morgan fingerprint density at radius 2 is 1.82 bits per heavy atom. The van der Waals surface area contributed by atoms with E-state index in [-0.39, 0.29) is 23.1 Å². The Hall–Kier alpha value is -1.56. The van der Waals surface area contributed by atoms with Gasteiger partial charge in [0.15, 0.2) is 0 Å². The van der Waals surface area contributed by atoms with Gasteiger partial charge in [0.05, 0.1) is 5.02 Å². The van der Waals surface area contributed by atoms with Gasteiger partial charge in [-0.1, -0.05) is 29.8 Å². The molecule has 0 radical (unpaired) electrons. The van der Waals surface area contributed by atoms with Crippen LogP contribution in [-0.4, -0.2) is 21.6 Å². The molecule has 0 amide bonds. The highest BCUT2D eigenvalue weighted by molar-refractivity contribution is 7.89. The molecule has 0 aliphatic heterocycles. The Labute approximate surface area is 136 Å². The number of hydrogen-bond donors (Lipinski definition) is 1. The lowest BCUT2D eigenvalue weighted by molar-refractivity contribution is 0.322. The Kier molecular flexibility index (Phi) is 5.45. The molecule has 0 heterocycles. The third kappa shape index (κ3) is 4.22. The fraction of sp³-hybridized carbons (Fsp3) is 0.250. The molecule has 118 valence electrons. The van der Waals surface area contributed by atoms with Crippen LogP contribution in [0.2, 0.25) is 5.02 Å². The van der Waals surface area contributed by atoms with Gasteiger partial charge in [-0.2, -0.15) is 0 Å². The molecule has 0 aromatic heterocycles. The largest absolute Gasteiger partial charge is 0.492 e. The highest BCUT2D eigenvalue weighted by Crippen LogP contribution is 2.20. The van der Waals surface area contributed by atoms with Gasteiger partial charge >= 0.3 is 0 Å². The molecule has 1 N–H and O–H groups in total. The molecule has 2 aromatic rings. The number of hydrogen-bond acceptors (Lipinski definition) is 3. The van der Waals surface area contributed by atoms with Gasteiger partial charge in [0.25, 0.3) is 0 Å². The molecular weight excluding hydrogens is 322 g/mol. The minimum atomic E-state index is -3.62. The van der Waals surface area contributed by atoms with E-state index in [0.29, 0.717) is 0 Å². The van der Waals surface area contributed by atoms with Crippen molar-refractivity contribution in [3.05, 3.63) is 58.6 Å². The summed E-state index contributed by atoms with van der Waals surface area (Å²) in [6, 6.07) is 12.1. The van der Waals surface area contributed by atoms with E-state index in [1.165, 1.54) is 11.6 Å². The third-order valence-corrected chi connectivity index (χ3v) is 5.23. The molecule has 0 saturated carbocycles. The second kappa shape index (κ2) is 7.13. The van der Waals surface area contributed by atoms with Gasteiger partial charge < -0.3 is 4.74 Å². The summed E-state index contributed by atoms with van der Waals surface area (Å²) in [6.07, 6.45) is 0. The van der Waals surface area contributed by atoms with E-state index in [0.717, 1.165) is 11.3 Å². The SMILES string of the molecule is Cc1ccc(OCCNS(=O)(=O)c2ccccc2Cl)cc1C. The van der Waals surface area contributed by atoms with Crippen LogP contribution in [0.5, 0.6) is 5.75 Å². The Morgan fingerprint density at radius 1 is 1.09 bits per heavy atom. The summed E-state index contributed by atoms with van der Waals surface area (Å²) in [4.78, 5) is 0.0721. The van der Waals surface area contributed by atoms with E-state index >= 15 is 0 Å². The predicted octanol–water partition coefficient (Wildman–Crippen LogP) is 3.31. The molecule has 0 aliphatic rings. The number of aryl methyl sites for hydroxylation is 2. The van der Waals surface area contributed by atoms with Crippen molar-refractivity contribution in [2.45, 2.75) is 18.7 Å². The maximum Gasteiger partial charge on any atom is 0.242 e. The summed E-state index contributed by atoms with van der Waals surface area (Å²) in [6.45, 7) is 4.44. The number of benzene rings is 2. The maximum absolute atomic E-state index is 12.1. The smallest absolute Gasteiger partial charge is 0.242 e. The molecule has 0 aliphatic carbocycles. The van der Waals surface area contributed by atoms with Crippen LogP contribution in [0.1, 0.15) is 11.1 Å². The standard InChI is InChI=1S/C16H18ClNO3S/c1-12-7-8-14(11-13(12)2)21-10-9-18-22(19,20)16-6-4-3-5-15(16)17/h3-8,11,18H,9-10H2,1-2H3. The van der Waals surface area contributed by atoms with E-state index in [1.54, 1.807) is 18.2 Å². The van der Waals surface area contributed by atoms with E-state index < -0.39 is 10.0 Å². The van der Waals surface area contributed by atoms with Crippen molar-refractivity contribution in [1.82, 2.24) is 4.72 Å². The molecule has 4 nitrogen and oxygen atoms in total. The van der Waals surface area contributed by atoms with Crippen LogP contribution in [0.25, 0.3) is 0 Å². The topological polar surface area (TPSA) is 55.4 Å². The van der Waals surface area contributed by atoms with Crippen LogP contribution in [0, 0.1) is 13.8 Å². The lowest BCUT2D eigenvalue weighted by Gasteiger charge is -2.10. The number of rotatable bonds is 6. The first-order valence-electron chi connectivity index (χ1n) is 6.84. The summed E-state index contributed by atoms with van der Waals surface area (Å²) in [7, 11) is -3.62. The first-order valence-corrected chi connectivity index (χ1v) is 8.70. The van der Waals surface area contributed by atoms with Crippen molar-refractivity contribution in [1.29, 1.82) is 0 Å². The third-order valence-electron chi connectivity index (χ3n) is 3.27. The zero-order valence-corrected chi connectivity index (χ0v) is 14.0. The van der Waals surface area contributed by atoms with Crippen molar-refractivity contribution < 1.29 is 13.2 Å². The predicted molar refractivity (Wildman–Crippen MR) is 88.1 cm³/mol. The van der Waals surface area contributed by atoms with E-state index in [4.69, 9.17) is 16.3 Å². The van der Waals surface area contributed by atoms with Crippen LogP contribution in [0.3, 0.4) is 0 Å². The molecule has 2 aromatic carbocycles. The fourth-order valence-electron chi connectivity index (χ4n) is 1.89. The van der Waals surface area contributed by atoms with Gasteiger partial charge in [0.1, 0.15) is 17.3 Å². The minimum absolute atomic E-state index is 0.0721. The maximum atomic E-state index is 12.1. The van der Waals surface area contributed by atoms with Crippen LogP contribution < -0.4 is 9.46 Å². The molecule has 0 saturated heterocycles. The summed E-state index contributed by atoms with van der Waals surface area (Å²) in [5.74, 6) is 0.722. The monoisotopic (exact) mass is 339 g/mol. The number of ether oxygens (including phenoxy) is 1. The average Bonchev–Trinajstić information content (AvgIpc) is 2.47. The van der Waals surface area contributed by atoms with E-state index in [1.807, 2.05) is 32.0 Å². The first-order chi connectivity index (χ1) is 10.4. The van der Waals surface area contributed by atoms with Gasteiger partial charge in [0.2, 0.25) is 10.0 Å². The van der Waals surface area contributed by atoms with Crippen LogP contribution >= 0.6 is 11.6 Å². The van der Waals surface area contributed by atoms with E-state index in [2.05, 4.69) is 4.72 Å². The molecular formula is C16H18ClNO3S. The first kappa shape index (κ1) is 16.8. The summed E-state index contributed by atoms with van der Waals surface area (Å²) >= 11 is 5.90. The van der Waals surface area contributed by atoms with Gasteiger partial charge in [-0.05, 0) is 49.2 Å². The Morgan fingerprint density at radius 3 is 2.50 bits per heavy atom. The van der Waals surface area contributed by atoms with Crippen molar-refractivity contribution in [2.75, 3.05) is 13.2 Å². The minimum Gasteiger partial charge on any atom is -0.492 e. The second-order valence-corrected chi connectivity index (χ2v) is 7.07. The Bertz CT molecular complexity index is 760. The van der Waals surface area contributed by atoms with Crippen molar-refractivity contribution in [2.24, 2.45) is 0 Å². The van der Waals surface area contributed by atoms with Crippen LogP contribution in [0.4, 0.5) is 0 Å². The zero-order valence-electron chi connectivity index (χ0n) is 12.5. The number of halogens is 1. The molecule has 0 spiro atoms. The fourth-order valence-corrected chi connectivity index (χ4v) is 3.42. The Balaban J connectivity index is 1.91. The molecule has 0 unspecified atom stereocenters. The zero-order chi connectivity index (χ0) is 16.2. The summed E-state index contributed by atoms with van der Waals surface area (Å²) in [5.41, 5.74) is 2.32. The molecule has 0 fully saturated rings. The normalized spacial score (nSPS) is 11.4. The number of sulfonamides is 1. The lowest BCUT2D eigenvalue weighted by atomic mass is 10.1. The van der Waals surface area contributed by atoms with Gasteiger partial charge in [-0.3, -0.25) is 0 Å². The molecule has 0 bridgehead atoms. The highest BCUT2D eigenvalue weighted by Gasteiger charge is 2.16. The number of nitrogens with one attached hydrogen (secondary N) is 1. The second-order valence-electron chi connectivity index (χ2n) is 4.92. The molecule has 22 heavy (non-hydrogen) atoms. The molecule has 0 atom stereocenters. The summed E-state index contributed by atoms with van der Waals surface area (Å²) < 4.78 is 32.2. The lowest BCUT2D eigenvalue weighted by Crippen LogP contribution is -2.28. The quantitative estimate of drug-likeness (QED) is 0.821. The van der Waals surface area contributed by atoms with Crippen LogP contribution in [0.15, 0.2) is 47.4 Å². The van der Waals surface area contributed by atoms with Gasteiger partial charge in [-0.25, -0.2) is 13.1 Å². The van der Waals surface area contributed by atoms with E-state index in [9.17, 15) is 8.42 Å². The highest BCUT2D eigenvalue weighted by atomic mass is 35.5. The van der Waals surface area contributed by atoms with Gasteiger partial charge in [-0.15, -0.1) is 0 Å². The van der Waals surface area contributed by atoms with Crippen molar-refractivity contribution in [3.8, 4) is 5.75 Å². The average molecular weight is 340 g/mol.